The molecule has 2 aromatic carbocycles. The number of rotatable bonds is 9. The average Bonchev–Trinajstić information content (AvgIpc) is 2.99. The number of piperidine rings is 1. The lowest BCUT2D eigenvalue weighted by Crippen LogP contribution is -2.47. The molecule has 1 saturated heterocycles. The van der Waals surface area contributed by atoms with E-state index >= 15 is 0 Å². The van der Waals surface area contributed by atoms with Crippen LogP contribution in [0.1, 0.15) is 58.1 Å². The highest BCUT2D eigenvalue weighted by Gasteiger charge is 2.28. The Labute approximate surface area is 275 Å². The number of likely N-dealkylation sites (tertiary alicyclic amines) is 1. The van der Waals surface area contributed by atoms with E-state index in [9.17, 15) is 13.2 Å². The molecule has 4 aromatic rings. The molecule has 1 amide bonds. The van der Waals surface area contributed by atoms with Gasteiger partial charge in [0.1, 0.15) is 11.4 Å². The van der Waals surface area contributed by atoms with Crippen LogP contribution in [-0.2, 0) is 20.3 Å². The Morgan fingerprint density at radius 1 is 1.09 bits per heavy atom. The van der Waals surface area contributed by atoms with Crippen molar-refractivity contribution in [2.75, 3.05) is 24.2 Å². The fourth-order valence-corrected chi connectivity index (χ4v) is 7.35. The number of nitrogens with zero attached hydrogens (tertiary/aromatic N) is 4. The number of amides is 1. The monoisotopic (exact) mass is 665 g/mol. The summed E-state index contributed by atoms with van der Waals surface area (Å²) in [7, 11) is -3.34. The highest BCUT2D eigenvalue weighted by molar-refractivity contribution is 7.90. The van der Waals surface area contributed by atoms with Gasteiger partial charge < -0.3 is 19.7 Å². The zero-order chi connectivity index (χ0) is 33.1. The second-order valence-electron chi connectivity index (χ2n) is 12.6. The number of carbonyl (C=O) groups excluding carboxylic acids is 1. The van der Waals surface area contributed by atoms with Crippen LogP contribution in [0.5, 0.6) is 11.6 Å². The van der Waals surface area contributed by atoms with E-state index in [-0.39, 0.29) is 23.6 Å². The van der Waals surface area contributed by atoms with Crippen LogP contribution in [0.25, 0.3) is 22.0 Å². The number of carbonyl (C=O) groups is 1. The van der Waals surface area contributed by atoms with E-state index in [4.69, 9.17) is 26.1 Å². The lowest BCUT2D eigenvalue weighted by molar-refractivity contribution is 0.0206. The summed E-state index contributed by atoms with van der Waals surface area (Å²) in [5.74, 6) is 1.26. The first kappa shape index (κ1) is 33.4. The first-order valence-electron chi connectivity index (χ1n) is 15.5. The molecule has 0 radical (unpaired) electrons. The van der Waals surface area contributed by atoms with E-state index in [1.807, 2.05) is 65.0 Å². The van der Waals surface area contributed by atoms with Crippen molar-refractivity contribution in [3.8, 4) is 22.9 Å². The number of hydrogen-bond donors (Lipinski definition) is 1. The quantitative estimate of drug-likeness (QED) is 0.193. The second kappa shape index (κ2) is 13.8. The van der Waals surface area contributed by atoms with Gasteiger partial charge in [-0.05, 0) is 93.8 Å². The van der Waals surface area contributed by atoms with Gasteiger partial charge in [-0.3, -0.25) is 0 Å². The summed E-state index contributed by atoms with van der Waals surface area (Å²) in [6.07, 6.45) is 5.22. The number of sulfone groups is 1. The summed E-state index contributed by atoms with van der Waals surface area (Å²) in [6.45, 7) is 10.5. The number of aryl methyl sites for hydroxylation is 1. The summed E-state index contributed by atoms with van der Waals surface area (Å²) < 4.78 is 37.6. The van der Waals surface area contributed by atoms with E-state index in [0.717, 1.165) is 23.8 Å². The van der Waals surface area contributed by atoms with Gasteiger partial charge in [-0.2, -0.15) is 0 Å². The van der Waals surface area contributed by atoms with Crippen molar-refractivity contribution in [1.82, 2.24) is 19.9 Å². The molecule has 3 heterocycles. The molecule has 1 aliphatic rings. The number of ether oxygens (including phenoxy) is 2. The van der Waals surface area contributed by atoms with E-state index in [1.54, 1.807) is 29.4 Å². The van der Waals surface area contributed by atoms with Crippen LogP contribution < -0.4 is 10.1 Å². The molecule has 1 N–H and O–H groups in total. The minimum atomic E-state index is -3.34. The van der Waals surface area contributed by atoms with Gasteiger partial charge in [0.25, 0.3) is 0 Å². The van der Waals surface area contributed by atoms with Gasteiger partial charge in [-0.15, -0.1) is 0 Å². The van der Waals surface area contributed by atoms with Crippen LogP contribution in [0.2, 0.25) is 5.02 Å². The van der Waals surface area contributed by atoms with Crippen LogP contribution in [0, 0.1) is 6.92 Å². The number of anilines is 1. The SMILES string of the molecule is CCCS(=O)(=O)Cc1c(Cl)ccc2c(Oc3ncccc3-c3ccnc(N[C@H]4CCCN(C(=O)OC(C)(C)C)C4)n3)c(C)ccc12. The molecule has 2 aromatic heterocycles. The van der Waals surface area contributed by atoms with Crippen molar-refractivity contribution >= 4 is 44.3 Å². The minimum Gasteiger partial charge on any atom is -0.444 e. The van der Waals surface area contributed by atoms with Gasteiger partial charge in [0.15, 0.2) is 9.84 Å². The van der Waals surface area contributed by atoms with Crippen molar-refractivity contribution in [2.24, 2.45) is 0 Å². The van der Waals surface area contributed by atoms with Crippen molar-refractivity contribution in [2.45, 2.75) is 71.3 Å². The number of nitrogens with one attached hydrogen (secondary N) is 1. The highest BCUT2D eigenvalue weighted by atomic mass is 35.5. The number of benzene rings is 2. The van der Waals surface area contributed by atoms with Gasteiger partial charge in [0, 0.05) is 41.9 Å². The predicted molar refractivity (Wildman–Crippen MR) is 181 cm³/mol. The van der Waals surface area contributed by atoms with Crippen molar-refractivity contribution in [1.29, 1.82) is 0 Å². The van der Waals surface area contributed by atoms with E-state index < -0.39 is 15.4 Å². The fraction of sp³-hybridized carbons (Fsp3) is 0.412. The molecular formula is C34H40ClN5O5S. The third-order valence-corrected chi connectivity index (χ3v) is 9.70. The van der Waals surface area contributed by atoms with Gasteiger partial charge in [0.2, 0.25) is 11.8 Å². The number of hydrogen-bond acceptors (Lipinski definition) is 9. The Morgan fingerprint density at radius 2 is 1.87 bits per heavy atom. The lowest BCUT2D eigenvalue weighted by Gasteiger charge is -2.34. The maximum Gasteiger partial charge on any atom is 0.410 e. The van der Waals surface area contributed by atoms with E-state index in [1.165, 1.54) is 0 Å². The Bertz CT molecular complexity index is 1840. The van der Waals surface area contributed by atoms with Gasteiger partial charge in [-0.25, -0.2) is 28.2 Å². The summed E-state index contributed by atoms with van der Waals surface area (Å²) in [4.78, 5) is 28.1. The number of pyridine rings is 1. The highest BCUT2D eigenvalue weighted by Crippen LogP contribution is 2.39. The molecule has 0 bridgehead atoms. The number of halogens is 1. The molecule has 46 heavy (non-hydrogen) atoms. The first-order valence-corrected chi connectivity index (χ1v) is 17.7. The summed E-state index contributed by atoms with van der Waals surface area (Å²) in [5.41, 5.74) is 2.10. The predicted octanol–water partition coefficient (Wildman–Crippen LogP) is 7.58. The van der Waals surface area contributed by atoms with Crippen LogP contribution in [0.4, 0.5) is 10.7 Å². The first-order chi connectivity index (χ1) is 21.8. The van der Waals surface area contributed by atoms with Crippen molar-refractivity contribution < 1.29 is 22.7 Å². The van der Waals surface area contributed by atoms with E-state index in [0.29, 0.717) is 64.3 Å². The Hall–Kier alpha value is -3.96. The second-order valence-corrected chi connectivity index (χ2v) is 15.1. The Morgan fingerprint density at radius 3 is 2.63 bits per heavy atom. The molecule has 1 atom stereocenters. The van der Waals surface area contributed by atoms with Gasteiger partial charge >= 0.3 is 6.09 Å². The maximum atomic E-state index is 12.7. The molecule has 0 unspecified atom stereocenters. The molecule has 5 rings (SSSR count). The molecule has 1 aliphatic heterocycles. The van der Waals surface area contributed by atoms with Crippen LogP contribution in [0.15, 0.2) is 54.9 Å². The Kier molecular flexibility index (Phi) is 10.0. The van der Waals surface area contributed by atoms with Crippen LogP contribution in [0.3, 0.4) is 0 Å². The standard InChI is InChI=1S/C34H40ClN5O5S/c1-6-19-46(42,43)21-27-24-12-11-22(2)30(25(24)13-14-28(27)35)44-31-26(10-7-16-36-31)29-15-17-37-32(39-29)38-23-9-8-18-40(20-23)33(41)45-34(3,4)5/h7,10-17,23H,6,8-9,18-21H2,1-5H3,(H,37,38,39)/t23-/m0/s1. The molecule has 10 nitrogen and oxygen atoms in total. The third kappa shape index (κ3) is 8.06. The van der Waals surface area contributed by atoms with Gasteiger partial charge in [0.05, 0.1) is 22.8 Å². The number of fused-ring (bicyclic) bond motifs is 1. The molecule has 12 heteroatoms. The summed E-state index contributed by atoms with van der Waals surface area (Å²) in [5, 5.41) is 5.23. The molecule has 1 fully saturated rings. The zero-order valence-electron chi connectivity index (χ0n) is 26.8. The van der Waals surface area contributed by atoms with Crippen LogP contribution in [-0.4, -0.2) is 64.8 Å². The molecule has 0 saturated carbocycles. The third-order valence-electron chi connectivity index (χ3n) is 7.59. The minimum absolute atomic E-state index is 0.0402. The van der Waals surface area contributed by atoms with Gasteiger partial charge in [-0.1, -0.05) is 30.7 Å². The lowest BCUT2D eigenvalue weighted by atomic mass is 10.0. The fourth-order valence-electron chi connectivity index (χ4n) is 5.52. The topological polar surface area (TPSA) is 124 Å². The number of aromatic nitrogens is 3. The average molecular weight is 666 g/mol. The molecule has 0 aliphatic carbocycles. The molecule has 244 valence electrons. The summed E-state index contributed by atoms with van der Waals surface area (Å²) >= 11 is 6.54. The zero-order valence-corrected chi connectivity index (χ0v) is 28.4. The van der Waals surface area contributed by atoms with Crippen LogP contribution >= 0.6 is 11.6 Å². The molecular weight excluding hydrogens is 626 g/mol. The smallest absolute Gasteiger partial charge is 0.410 e. The normalized spacial score (nSPS) is 15.5. The Balaban J connectivity index is 1.41. The van der Waals surface area contributed by atoms with Crippen molar-refractivity contribution in [3.63, 3.8) is 0 Å². The summed E-state index contributed by atoms with van der Waals surface area (Å²) in [6, 6.07) is 12.8. The largest absolute Gasteiger partial charge is 0.444 e. The maximum absolute atomic E-state index is 12.7. The molecule has 0 spiro atoms. The van der Waals surface area contributed by atoms with Crippen molar-refractivity contribution in [3.05, 3.63) is 71.0 Å². The van der Waals surface area contributed by atoms with E-state index in [2.05, 4.69) is 15.3 Å².